The third kappa shape index (κ3) is 12.5. The van der Waals surface area contributed by atoms with Gasteiger partial charge in [0, 0.05) is 62.5 Å². The van der Waals surface area contributed by atoms with E-state index in [2.05, 4.69) is 68.4 Å². The van der Waals surface area contributed by atoms with Gasteiger partial charge in [-0.2, -0.15) is 5.01 Å². The van der Waals surface area contributed by atoms with Crippen molar-refractivity contribution >= 4 is 23.8 Å². The molecule has 17 nitrogen and oxygen atoms in total. The fourth-order valence-electron chi connectivity index (χ4n) is 8.57. The van der Waals surface area contributed by atoms with Crippen molar-refractivity contribution in [3.8, 4) is 11.5 Å². The predicted molar refractivity (Wildman–Crippen MR) is 229 cm³/mol. The number of fused-ring (bicyclic) bond motifs is 5. The zero-order valence-electron chi connectivity index (χ0n) is 34.0. The average Bonchev–Trinajstić information content (AvgIpc) is 3.22. The van der Waals surface area contributed by atoms with Crippen molar-refractivity contribution in [2.45, 2.75) is 128 Å². The van der Waals surface area contributed by atoms with Crippen LogP contribution in [0.25, 0.3) is 0 Å². The lowest BCUT2D eigenvalue weighted by atomic mass is 9.86. The molecule has 1 saturated carbocycles. The van der Waals surface area contributed by atoms with Crippen molar-refractivity contribution in [1.82, 2.24) is 15.7 Å². The first-order chi connectivity index (χ1) is 27.4. The predicted octanol–water partition coefficient (Wildman–Crippen LogP) is 2.42. The third-order valence-electron chi connectivity index (χ3n) is 11.3. The number of guanidine groups is 4. The molecule has 0 aromatic heterocycles. The number of nitrogens with zero attached hydrogens (tertiary/aromatic N) is 6. The van der Waals surface area contributed by atoms with Gasteiger partial charge in [-0.05, 0) is 112 Å². The Labute approximate surface area is 337 Å². The molecule has 1 fully saturated rings. The molecule has 0 saturated heterocycles. The van der Waals surface area contributed by atoms with Gasteiger partial charge in [0.2, 0.25) is 0 Å². The molecule has 2 unspecified atom stereocenters. The summed E-state index contributed by atoms with van der Waals surface area (Å²) in [6.07, 6.45) is 11.5. The molecule has 0 radical (unpaired) electrons. The van der Waals surface area contributed by atoms with Gasteiger partial charge >= 0.3 is 0 Å². The van der Waals surface area contributed by atoms with Crippen LogP contribution in [0.1, 0.15) is 122 Å². The average molecular weight is 790 g/mol. The number of hydrogen-bond donors (Lipinski definition) is 9. The van der Waals surface area contributed by atoms with Crippen molar-refractivity contribution < 1.29 is 9.68 Å². The van der Waals surface area contributed by atoms with Gasteiger partial charge < -0.3 is 60.9 Å². The molecule has 17 heteroatoms. The van der Waals surface area contributed by atoms with Gasteiger partial charge in [0.25, 0.3) is 0 Å². The Morgan fingerprint density at radius 3 is 1.51 bits per heavy atom. The second kappa shape index (κ2) is 21.0. The lowest BCUT2D eigenvalue weighted by Gasteiger charge is -2.45. The maximum absolute atomic E-state index is 6.88. The summed E-state index contributed by atoms with van der Waals surface area (Å²) in [6, 6.07) is 9.53. The molecule has 57 heavy (non-hydrogen) atoms. The molecular weight excluding hydrogens is 723 g/mol. The third-order valence-corrected chi connectivity index (χ3v) is 11.3. The van der Waals surface area contributed by atoms with Crippen molar-refractivity contribution in [1.29, 1.82) is 0 Å². The molecule has 0 bridgehead atoms. The molecule has 2 heterocycles. The SMILES string of the molecule is Cc1cc(C(CCCN=C(N)N)CCCN=C(N)N)cc2c1ON1Oc3c(C)cc(C(CCCN=C(N)N)CCCN=C(N)N)cc3CN1C1CCCCC1NC2. The highest BCUT2D eigenvalue weighted by Crippen LogP contribution is 2.41. The first-order valence-electron chi connectivity index (χ1n) is 20.5. The van der Waals surface area contributed by atoms with E-state index in [1.165, 1.54) is 17.5 Å². The van der Waals surface area contributed by atoms with E-state index in [1.807, 2.05) is 0 Å². The highest BCUT2D eigenvalue weighted by molar-refractivity contribution is 5.76. The molecule has 5 rings (SSSR count). The fraction of sp³-hybridized carbons (Fsp3) is 0.600. The molecule has 17 N–H and O–H groups in total. The standard InChI is InChI=1S/C40H67N15O2/c1-25-19-29(27(9-5-15-49-37(41)42)10-6-16-50-38(43)44)21-31-23-53-33-13-3-4-14-34(33)54-24-32-22-30(20-26(2)36(32)57-55(54)56-35(25)31)28(11-7-17-51-39(45)46)12-8-18-52-40(47)48/h19-22,27-28,33-34,53H,3-18,23-24H2,1-2H3,(H4,41,42,49)(H4,43,44,50)(H4,45,46,51)(H4,47,48,52). The van der Waals surface area contributed by atoms with Crippen molar-refractivity contribution in [2.24, 2.45) is 65.8 Å². The monoisotopic (exact) mass is 790 g/mol. The van der Waals surface area contributed by atoms with Crippen LogP contribution >= 0.6 is 0 Å². The lowest BCUT2D eigenvalue weighted by Crippen LogP contribution is -2.60. The van der Waals surface area contributed by atoms with Gasteiger partial charge in [0.1, 0.15) is 5.34 Å². The number of hydrogen-bond acceptors (Lipinski definition) is 9. The van der Waals surface area contributed by atoms with Crippen molar-refractivity contribution in [3.63, 3.8) is 0 Å². The minimum absolute atomic E-state index is 0.111. The second-order valence-electron chi connectivity index (χ2n) is 15.7. The first kappa shape index (κ1) is 43.1. The van der Waals surface area contributed by atoms with Crippen LogP contribution < -0.4 is 60.9 Å². The zero-order chi connectivity index (χ0) is 40.9. The summed E-state index contributed by atoms with van der Waals surface area (Å²) in [7, 11) is 0. The Morgan fingerprint density at radius 2 is 1.05 bits per heavy atom. The van der Waals surface area contributed by atoms with E-state index in [0.29, 0.717) is 39.3 Å². The Bertz CT molecular complexity index is 1700. The summed E-state index contributed by atoms with van der Waals surface area (Å²) < 4.78 is 0. The largest absolute Gasteiger partial charge is 0.370 e. The Kier molecular flexibility index (Phi) is 15.9. The number of nitrogens with two attached hydrogens (primary N) is 8. The van der Waals surface area contributed by atoms with Crippen LogP contribution in [-0.2, 0) is 13.1 Å². The second-order valence-corrected chi connectivity index (χ2v) is 15.7. The molecule has 2 atom stereocenters. The summed E-state index contributed by atoms with van der Waals surface area (Å²) in [5, 5.41) is 7.91. The molecule has 0 spiro atoms. The lowest BCUT2D eigenvalue weighted by molar-refractivity contribution is -0.399. The van der Waals surface area contributed by atoms with Crippen LogP contribution in [0, 0.1) is 13.8 Å². The molecule has 3 aliphatic rings. The van der Waals surface area contributed by atoms with Crippen molar-refractivity contribution in [2.75, 3.05) is 26.2 Å². The van der Waals surface area contributed by atoms with Crippen LogP contribution in [0.4, 0.5) is 0 Å². The summed E-state index contributed by atoms with van der Waals surface area (Å²) in [4.78, 5) is 30.6. The Morgan fingerprint density at radius 1 is 0.632 bits per heavy atom. The van der Waals surface area contributed by atoms with Gasteiger partial charge in [-0.15, -0.1) is 0 Å². The van der Waals surface area contributed by atoms with E-state index in [1.54, 1.807) is 5.34 Å². The van der Waals surface area contributed by atoms with Crippen LogP contribution in [0.5, 0.6) is 11.5 Å². The van der Waals surface area contributed by atoms with Gasteiger partial charge in [0.15, 0.2) is 35.3 Å². The molecule has 2 aromatic carbocycles. The van der Waals surface area contributed by atoms with E-state index in [0.717, 1.165) is 104 Å². The number of aliphatic imine (C=N–C) groups is 4. The van der Waals surface area contributed by atoms with Gasteiger partial charge in [-0.3, -0.25) is 20.0 Å². The van der Waals surface area contributed by atoms with E-state index >= 15 is 0 Å². The van der Waals surface area contributed by atoms with Crippen LogP contribution in [-0.4, -0.2) is 72.4 Å². The van der Waals surface area contributed by atoms with Crippen LogP contribution in [0.2, 0.25) is 0 Å². The zero-order valence-corrected chi connectivity index (χ0v) is 34.0. The van der Waals surface area contributed by atoms with E-state index < -0.39 is 0 Å². The van der Waals surface area contributed by atoms with Gasteiger partial charge in [0.05, 0.1) is 0 Å². The topological polar surface area (TPSA) is 295 Å². The van der Waals surface area contributed by atoms with Crippen LogP contribution in [0.3, 0.4) is 0 Å². The number of rotatable bonds is 18. The summed E-state index contributed by atoms with van der Waals surface area (Å²) in [5.41, 5.74) is 51.8. The van der Waals surface area contributed by atoms with Gasteiger partial charge in [-0.25, -0.2) is 0 Å². The highest BCUT2D eigenvalue weighted by Gasteiger charge is 2.41. The summed E-state index contributed by atoms with van der Waals surface area (Å²) in [5.74, 6) is 2.61. The molecule has 2 aliphatic heterocycles. The Hall–Kier alpha value is -5.00. The number of benzene rings is 2. The fourth-order valence-corrected chi connectivity index (χ4v) is 8.57. The highest BCUT2D eigenvalue weighted by atomic mass is 17.0. The van der Waals surface area contributed by atoms with E-state index in [4.69, 9.17) is 55.5 Å². The number of hydrazine groups is 1. The normalized spacial score (nSPS) is 18.0. The summed E-state index contributed by atoms with van der Waals surface area (Å²) in [6.45, 7) is 7.88. The minimum atomic E-state index is 0.111. The smallest absolute Gasteiger partial charge is 0.185 e. The molecule has 0 amide bonds. The van der Waals surface area contributed by atoms with Gasteiger partial charge in [-0.1, -0.05) is 37.1 Å². The molecular formula is C40H67N15O2. The first-order valence-corrected chi connectivity index (χ1v) is 20.5. The maximum atomic E-state index is 6.88. The molecule has 1 aliphatic carbocycles. The van der Waals surface area contributed by atoms with Crippen LogP contribution in [0.15, 0.2) is 44.2 Å². The minimum Gasteiger partial charge on any atom is -0.370 e. The van der Waals surface area contributed by atoms with Crippen molar-refractivity contribution in [3.05, 3.63) is 57.6 Å². The maximum Gasteiger partial charge on any atom is 0.185 e. The molecule has 314 valence electrons. The summed E-state index contributed by atoms with van der Waals surface area (Å²) >= 11 is 0. The number of nitrogens with one attached hydrogen (secondary N) is 1. The molecule has 2 aromatic rings. The van der Waals surface area contributed by atoms with E-state index in [9.17, 15) is 0 Å². The number of aryl methyl sites for hydroxylation is 2. The Balaban J connectivity index is 1.44. The quantitative estimate of drug-likeness (QED) is 0.0597. The van der Waals surface area contributed by atoms with E-state index in [-0.39, 0.29) is 47.8 Å².